The Kier molecular flexibility index (Phi) is 4.84. The predicted octanol–water partition coefficient (Wildman–Crippen LogP) is 2.40. The highest BCUT2D eigenvalue weighted by molar-refractivity contribution is 6.05. The zero-order valence-electron chi connectivity index (χ0n) is 14.8. The number of hydrogen-bond donors (Lipinski definition) is 4. The molecule has 2 amide bonds. The molecule has 2 aromatic rings. The van der Waals surface area contributed by atoms with Crippen LogP contribution in [0, 0.1) is 11.6 Å². The van der Waals surface area contributed by atoms with Crippen LogP contribution in [-0.2, 0) is 11.3 Å². The number of anilines is 2. The Bertz CT molecular complexity index is 889. The van der Waals surface area contributed by atoms with Crippen molar-refractivity contribution in [1.82, 2.24) is 5.32 Å². The zero-order valence-corrected chi connectivity index (χ0v) is 14.8. The van der Waals surface area contributed by atoms with Crippen LogP contribution in [0.15, 0.2) is 36.4 Å². The molecule has 3 rings (SSSR count). The molecule has 2 aromatic carbocycles. The van der Waals surface area contributed by atoms with Gasteiger partial charge >= 0.3 is 0 Å². The van der Waals surface area contributed by atoms with E-state index in [0.717, 1.165) is 12.1 Å². The third-order valence-electron chi connectivity index (χ3n) is 4.30. The van der Waals surface area contributed by atoms with Crippen LogP contribution in [0.4, 0.5) is 20.2 Å². The molecule has 0 aromatic heterocycles. The number of carbonyl (C=O) groups excluding carboxylic acids is 2. The second kappa shape index (κ2) is 6.96. The molecular weight excluding hydrogens is 356 g/mol. The Morgan fingerprint density at radius 2 is 1.85 bits per heavy atom. The summed E-state index contributed by atoms with van der Waals surface area (Å²) in [6.07, 6.45) is 0. The van der Waals surface area contributed by atoms with E-state index in [1.807, 2.05) is 0 Å². The van der Waals surface area contributed by atoms with Crippen LogP contribution in [0.5, 0.6) is 0 Å². The van der Waals surface area contributed by atoms with E-state index in [4.69, 9.17) is 0 Å². The van der Waals surface area contributed by atoms with Crippen molar-refractivity contribution in [2.24, 2.45) is 0 Å². The van der Waals surface area contributed by atoms with E-state index < -0.39 is 35.1 Å². The summed E-state index contributed by atoms with van der Waals surface area (Å²) < 4.78 is 27.3. The van der Waals surface area contributed by atoms with Crippen LogP contribution >= 0.6 is 0 Å². The molecule has 6 nitrogen and oxygen atoms in total. The largest absolute Gasteiger partial charge is 0.388 e. The maximum Gasteiger partial charge on any atom is 0.251 e. The maximum atomic E-state index is 13.6. The molecule has 0 saturated heterocycles. The molecule has 4 N–H and O–H groups in total. The summed E-state index contributed by atoms with van der Waals surface area (Å²) in [5.41, 5.74) is -0.355. The first-order valence-corrected chi connectivity index (χ1v) is 8.32. The van der Waals surface area contributed by atoms with Gasteiger partial charge in [0, 0.05) is 17.7 Å². The third kappa shape index (κ3) is 3.90. The van der Waals surface area contributed by atoms with Gasteiger partial charge in [-0.25, -0.2) is 8.78 Å². The Balaban J connectivity index is 1.75. The molecule has 1 heterocycles. The fraction of sp³-hybridized carbons (Fsp3) is 0.263. The van der Waals surface area contributed by atoms with E-state index in [0.29, 0.717) is 11.4 Å². The molecule has 1 aliphatic heterocycles. The van der Waals surface area contributed by atoms with Crippen molar-refractivity contribution in [1.29, 1.82) is 0 Å². The van der Waals surface area contributed by atoms with Gasteiger partial charge in [-0.3, -0.25) is 9.59 Å². The van der Waals surface area contributed by atoms with Gasteiger partial charge in [0.05, 0.1) is 17.0 Å². The number of fused-ring (bicyclic) bond motifs is 1. The van der Waals surface area contributed by atoms with Crippen LogP contribution in [0.1, 0.15) is 29.8 Å². The molecule has 0 radical (unpaired) electrons. The molecule has 0 bridgehead atoms. The summed E-state index contributed by atoms with van der Waals surface area (Å²) in [6, 6.07) is 7.19. The minimum absolute atomic E-state index is 0.217. The maximum absolute atomic E-state index is 13.6. The van der Waals surface area contributed by atoms with Crippen molar-refractivity contribution in [3.05, 3.63) is 59.2 Å². The number of aliphatic hydroxyl groups is 1. The second-order valence-corrected chi connectivity index (χ2v) is 6.86. The van der Waals surface area contributed by atoms with Gasteiger partial charge in [0.15, 0.2) is 0 Å². The molecule has 27 heavy (non-hydrogen) atoms. The monoisotopic (exact) mass is 375 g/mol. The Morgan fingerprint density at radius 3 is 2.48 bits per heavy atom. The SMILES string of the molecule is CC(C)(O)[C@@H]1Nc2ccc(C(=O)NCc3c(F)cccc3F)cc2NC1=O. The lowest BCUT2D eigenvalue weighted by Gasteiger charge is -2.34. The van der Waals surface area contributed by atoms with Crippen molar-refractivity contribution in [3.63, 3.8) is 0 Å². The van der Waals surface area contributed by atoms with Gasteiger partial charge in [-0.05, 0) is 44.2 Å². The van der Waals surface area contributed by atoms with Gasteiger partial charge in [-0.15, -0.1) is 0 Å². The van der Waals surface area contributed by atoms with Crippen molar-refractivity contribution < 1.29 is 23.5 Å². The summed E-state index contributed by atoms with van der Waals surface area (Å²) in [4.78, 5) is 24.5. The van der Waals surface area contributed by atoms with E-state index in [-0.39, 0.29) is 17.7 Å². The van der Waals surface area contributed by atoms with E-state index in [9.17, 15) is 23.5 Å². The summed E-state index contributed by atoms with van der Waals surface area (Å²) in [7, 11) is 0. The second-order valence-electron chi connectivity index (χ2n) is 6.86. The minimum atomic E-state index is -1.28. The van der Waals surface area contributed by atoms with Crippen LogP contribution in [0.2, 0.25) is 0 Å². The first-order chi connectivity index (χ1) is 12.7. The number of halogens is 2. The highest BCUT2D eigenvalue weighted by Gasteiger charge is 2.37. The fourth-order valence-electron chi connectivity index (χ4n) is 2.81. The number of hydrogen-bond acceptors (Lipinski definition) is 4. The lowest BCUT2D eigenvalue weighted by Crippen LogP contribution is -2.52. The molecule has 0 fully saturated rings. The lowest BCUT2D eigenvalue weighted by atomic mass is 9.95. The van der Waals surface area contributed by atoms with E-state index in [2.05, 4.69) is 16.0 Å². The highest BCUT2D eigenvalue weighted by atomic mass is 19.1. The van der Waals surface area contributed by atoms with Gasteiger partial charge in [0.1, 0.15) is 17.7 Å². The third-order valence-corrected chi connectivity index (χ3v) is 4.30. The van der Waals surface area contributed by atoms with Crippen molar-refractivity contribution in [2.75, 3.05) is 10.6 Å². The van der Waals surface area contributed by atoms with Gasteiger partial charge in [0.25, 0.3) is 5.91 Å². The van der Waals surface area contributed by atoms with Gasteiger partial charge in [-0.1, -0.05) is 6.07 Å². The number of rotatable bonds is 4. The summed E-state index contributed by atoms with van der Waals surface area (Å²) in [5, 5.41) is 18.1. The van der Waals surface area contributed by atoms with Crippen molar-refractivity contribution >= 4 is 23.2 Å². The zero-order chi connectivity index (χ0) is 19.8. The van der Waals surface area contributed by atoms with E-state index in [1.54, 1.807) is 6.07 Å². The first-order valence-electron chi connectivity index (χ1n) is 8.32. The predicted molar refractivity (Wildman–Crippen MR) is 96.3 cm³/mol. The molecule has 0 aliphatic carbocycles. The Hall–Kier alpha value is -3.00. The van der Waals surface area contributed by atoms with Crippen LogP contribution in [-0.4, -0.2) is 28.6 Å². The van der Waals surface area contributed by atoms with Crippen LogP contribution < -0.4 is 16.0 Å². The van der Waals surface area contributed by atoms with Crippen LogP contribution in [0.25, 0.3) is 0 Å². The lowest BCUT2D eigenvalue weighted by molar-refractivity contribution is -0.121. The number of amides is 2. The number of nitrogens with one attached hydrogen (secondary N) is 3. The molecule has 142 valence electrons. The smallest absolute Gasteiger partial charge is 0.251 e. The fourth-order valence-corrected chi connectivity index (χ4v) is 2.81. The van der Waals surface area contributed by atoms with Crippen molar-refractivity contribution in [2.45, 2.75) is 32.0 Å². The topological polar surface area (TPSA) is 90.5 Å². The van der Waals surface area contributed by atoms with E-state index in [1.165, 1.54) is 32.0 Å². The van der Waals surface area contributed by atoms with Gasteiger partial charge < -0.3 is 21.1 Å². The molecule has 0 spiro atoms. The van der Waals surface area contributed by atoms with Crippen LogP contribution in [0.3, 0.4) is 0 Å². The molecular formula is C19H19F2N3O3. The van der Waals surface area contributed by atoms with E-state index >= 15 is 0 Å². The molecule has 0 unspecified atom stereocenters. The first kappa shape index (κ1) is 18.8. The summed E-state index contributed by atoms with van der Waals surface area (Å²) in [5.74, 6) is -2.45. The normalized spacial score (nSPS) is 16.2. The number of benzene rings is 2. The standard InChI is InChI=1S/C19H19F2N3O3/c1-19(2,27)16-18(26)24-15-8-10(6-7-14(15)23-16)17(25)22-9-11-12(20)4-3-5-13(11)21/h3-8,16,23,27H,9H2,1-2H3,(H,22,25)(H,24,26)/t16-/m1/s1. The molecule has 0 saturated carbocycles. The Labute approximate surface area is 154 Å². The quantitative estimate of drug-likeness (QED) is 0.661. The molecule has 1 atom stereocenters. The molecule has 8 heteroatoms. The highest BCUT2D eigenvalue weighted by Crippen LogP contribution is 2.30. The molecule has 1 aliphatic rings. The summed E-state index contributed by atoms with van der Waals surface area (Å²) >= 11 is 0. The van der Waals surface area contributed by atoms with Crippen molar-refractivity contribution in [3.8, 4) is 0 Å². The van der Waals surface area contributed by atoms with Gasteiger partial charge in [-0.2, -0.15) is 0 Å². The summed E-state index contributed by atoms with van der Waals surface area (Å²) in [6.45, 7) is 2.72. The van der Waals surface area contributed by atoms with Gasteiger partial charge in [0.2, 0.25) is 5.91 Å². The average Bonchev–Trinajstić information content (AvgIpc) is 2.59. The average molecular weight is 375 g/mol. The number of carbonyl (C=O) groups is 2. The minimum Gasteiger partial charge on any atom is -0.388 e. The Morgan fingerprint density at radius 1 is 1.19 bits per heavy atom.